The molecule has 0 radical (unpaired) electrons. The molecular weight excluding hydrogens is 304 g/mol. The maximum atomic E-state index is 11.9. The number of esters is 1. The van der Waals surface area contributed by atoms with Crippen molar-refractivity contribution in [1.82, 2.24) is 9.97 Å². The number of carbonyl (C=O) groups excluding carboxylic acids is 1. The van der Waals surface area contributed by atoms with Crippen LogP contribution in [0.2, 0.25) is 0 Å². The van der Waals surface area contributed by atoms with Crippen LogP contribution in [-0.4, -0.2) is 27.7 Å². The Labute approximate surface area is 140 Å². The van der Waals surface area contributed by atoms with Gasteiger partial charge in [0.2, 0.25) is 0 Å². The van der Waals surface area contributed by atoms with Crippen LogP contribution < -0.4 is 0 Å². The standard InChI is InChI=1S/C19H18N2O3/c1-3-10-24-19(23)16-6-5-15-14(8-9-20-18(15)21-16)13-4-7-17(22)12(2)11-13/h4-9,11,22H,3,10H2,1-2H3. The molecule has 0 saturated carbocycles. The van der Waals surface area contributed by atoms with Gasteiger partial charge in [-0.1, -0.05) is 13.0 Å². The molecule has 24 heavy (non-hydrogen) atoms. The first-order valence-electron chi connectivity index (χ1n) is 7.83. The highest BCUT2D eigenvalue weighted by atomic mass is 16.5. The van der Waals surface area contributed by atoms with Gasteiger partial charge in [0.15, 0.2) is 11.3 Å². The van der Waals surface area contributed by atoms with Gasteiger partial charge < -0.3 is 9.84 Å². The molecule has 0 amide bonds. The molecule has 5 heteroatoms. The third-order valence-electron chi connectivity index (χ3n) is 3.76. The molecule has 2 heterocycles. The van der Waals surface area contributed by atoms with E-state index >= 15 is 0 Å². The first-order valence-corrected chi connectivity index (χ1v) is 7.83. The molecule has 0 saturated heterocycles. The van der Waals surface area contributed by atoms with Gasteiger partial charge in [0.25, 0.3) is 0 Å². The van der Waals surface area contributed by atoms with E-state index in [0.29, 0.717) is 12.3 Å². The summed E-state index contributed by atoms with van der Waals surface area (Å²) in [6.45, 7) is 4.16. The zero-order valence-electron chi connectivity index (χ0n) is 13.6. The molecule has 2 aromatic heterocycles. The lowest BCUT2D eigenvalue weighted by molar-refractivity contribution is 0.0498. The van der Waals surface area contributed by atoms with E-state index in [-0.39, 0.29) is 11.4 Å². The number of phenols is 1. The number of aromatic hydroxyl groups is 1. The van der Waals surface area contributed by atoms with Crippen molar-refractivity contribution in [1.29, 1.82) is 0 Å². The predicted octanol–water partition coefficient (Wildman–Crippen LogP) is 3.88. The van der Waals surface area contributed by atoms with Crippen molar-refractivity contribution in [3.8, 4) is 16.9 Å². The lowest BCUT2D eigenvalue weighted by Crippen LogP contribution is -2.08. The number of aromatic nitrogens is 2. The van der Waals surface area contributed by atoms with Gasteiger partial charge in [-0.3, -0.25) is 0 Å². The number of benzene rings is 1. The van der Waals surface area contributed by atoms with Gasteiger partial charge >= 0.3 is 5.97 Å². The fourth-order valence-corrected chi connectivity index (χ4v) is 2.49. The Morgan fingerprint density at radius 2 is 2.04 bits per heavy atom. The number of ether oxygens (including phenoxy) is 1. The molecule has 5 nitrogen and oxygen atoms in total. The van der Waals surface area contributed by atoms with Crippen molar-refractivity contribution in [3.05, 3.63) is 53.9 Å². The van der Waals surface area contributed by atoms with E-state index in [0.717, 1.165) is 28.5 Å². The highest BCUT2D eigenvalue weighted by molar-refractivity contribution is 5.96. The number of fused-ring (bicyclic) bond motifs is 1. The van der Waals surface area contributed by atoms with Gasteiger partial charge in [-0.15, -0.1) is 0 Å². The topological polar surface area (TPSA) is 72.3 Å². The smallest absolute Gasteiger partial charge is 0.357 e. The maximum Gasteiger partial charge on any atom is 0.357 e. The van der Waals surface area contributed by atoms with Crippen molar-refractivity contribution in [3.63, 3.8) is 0 Å². The Kier molecular flexibility index (Phi) is 4.42. The normalized spacial score (nSPS) is 10.8. The third kappa shape index (κ3) is 3.06. The summed E-state index contributed by atoms with van der Waals surface area (Å²) in [5.74, 6) is -0.178. The molecule has 3 rings (SSSR count). The quantitative estimate of drug-likeness (QED) is 0.738. The molecule has 0 fully saturated rings. The van der Waals surface area contributed by atoms with Crippen LogP contribution in [0, 0.1) is 6.92 Å². The Morgan fingerprint density at radius 3 is 2.79 bits per heavy atom. The first-order chi connectivity index (χ1) is 11.6. The minimum Gasteiger partial charge on any atom is -0.508 e. The van der Waals surface area contributed by atoms with Crippen LogP contribution in [0.3, 0.4) is 0 Å². The van der Waals surface area contributed by atoms with Gasteiger partial charge in [-0.05, 0) is 60.4 Å². The fourth-order valence-electron chi connectivity index (χ4n) is 2.49. The number of hydrogen-bond donors (Lipinski definition) is 1. The van der Waals surface area contributed by atoms with Gasteiger partial charge in [0.05, 0.1) is 6.61 Å². The summed E-state index contributed by atoms with van der Waals surface area (Å²) in [7, 11) is 0. The zero-order valence-corrected chi connectivity index (χ0v) is 13.6. The van der Waals surface area contributed by atoms with E-state index in [1.807, 2.05) is 38.1 Å². The van der Waals surface area contributed by atoms with Crippen molar-refractivity contribution in [2.24, 2.45) is 0 Å². The molecule has 1 N–H and O–H groups in total. The van der Waals surface area contributed by atoms with Gasteiger partial charge in [0.1, 0.15) is 5.75 Å². The Hall–Kier alpha value is -2.95. The first kappa shape index (κ1) is 15.9. The molecule has 0 aliphatic rings. The Morgan fingerprint density at radius 1 is 1.21 bits per heavy atom. The summed E-state index contributed by atoms with van der Waals surface area (Å²) < 4.78 is 5.11. The molecule has 122 valence electrons. The van der Waals surface area contributed by atoms with E-state index in [2.05, 4.69) is 9.97 Å². The molecule has 3 aromatic rings. The van der Waals surface area contributed by atoms with Crippen LogP contribution >= 0.6 is 0 Å². The minimum atomic E-state index is -0.438. The van der Waals surface area contributed by atoms with E-state index in [9.17, 15) is 9.90 Å². The highest BCUT2D eigenvalue weighted by Gasteiger charge is 2.12. The molecule has 0 aliphatic carbocycles. The average molecular weight is 322 g/mol. The van der Waals surface area contributed by atoms with Crippen LogP contribution in [0.4, 0.5) is 0 Å². The second-order valence-corrected chi connectivity index (χ2v) is 5.56. The third-order valence-corrected chi connectivity index (χ3v) is 3.76. The fraction of sp³-hybridized carbons (Fsp3) is 0.211. The monoisotopic (exact) mass is 322 g/mol. The number of hydrogen-bond acceptors (Lipinski definition) is 5. The number of phenolic OH excluding ortho intramolecular Hbond substituents is 1. The Bertz CT molecular complexity index is 906. The number of rotatable bonds is 4. The number of aryl methyl sites for hydroxylation is 1. The Balaban J connectivity index is 2.05. The van der Waals surface area contributed by atoms with Gasteiger partial charge in [0, 0.05) is 11.6 Å². The largest absolute Gasteiger partial charge is 0.508 e. The highest BCUT2D eigenvalue weighted by Crippen LogP contribution is 2.30. The summed E-state index contributed by atoms with van der Waals surface area (Å²) in [6, 6.07) is 10.8. The SMILES string of the molecule is CCCOC(=O)c1ccc2c(-c3ccc(O)c(C)c3)ccnc2n1. The lowest BCUT2D eigenvalue weighted by atomic mass is 10.0. The summed E-state index contributed by atoms with van der Waals surface area (Å²) in [5, 5.41) is 10.5. The van der Waals surface area contributed by atoms with Crippen molar-refractivity contribution in [2.45, 2.75) is 20.3 Å². The van der Waals surface area contributed by atoms with Gasteiger partial charge in [-0.25, -0.2) is 14.8 Å². The van der Waals surface area contributed by atoms with Crippen LogP contribution in [0.15, 0.2) is 42.6 Å². The van der Waals surface area contributed by atoms with E-state index in [4.69, 9.17) is 4.74 Å². The van der Waals surface area contributed by atoms with E-state index in [1.165, 1.54) is 0 Å². The average Bonchev–Trinajstić information content (AvgIpc) is 2.61. The minimum absolute atomic E-state index is 0.252. The molecule has 0 unspecified atom stereocenters. The molecular formula is C19H18N2O3. The number of carbonyl (C=O) groups is 1. The van der Waals surface area contributed by atoms with Crippen LogP contribution in [0.1, 0.15) is 29.4 Å². The van der Waals surface area contributed by atoms with Crippen LogP contribution in [0.5, 0.6) is 5.75 Å². The summed E-state index contributed by atoms with van der Waals surface area (Å²) in [4.78, 5) is 20.5. The molecule has 1 aromatic carbocycles. The van der Waals surface area contributed by atoms with E-state index in [1.54, 1.807) is 18.3 Å². The second kappa shape index (κ2) is 6.66. The van der Waals surface area contributed by atoms with Crippen molar-refractivity contribution in [2.75, 3.05) is 6.61 Å². The molecule has 0 aliphatic heterocycles. The zero-order chi connectivity index (χ0) is 17.1. The molecule has 0 atom stereocenters. The predicted molar refractivity (Wildman–Crippen MR) is 91.9 cm³/mol. The van der Waals surface area contributed by atoms with Crippen molar-refractivity contribution >= 4 is 17.0 Å². The van der Waals surface area contributed by atoms with Crippen LogP contribution in [0.25, 0.3) is 22.2 Å². The summed E-state index contributed by atoms with van der Waals surface area (Å²) in [6.07, 6.45) is 2.43. The van der Waals surface area contributed by atoms with Crippen LogP contribution in [-0.2, 0) is 4.74 Å². The maximum absolute atomic E-state index is 11.9. The number of pyridine rings is 2. The lowest BCUT2D eigenvalue weighted by Gasteiger charge is -2.09. The van der Waals surface area contributed by atoms with Gasteiger partial charge in [-0.2, -0.15) is 0 Å². The summed E-state index contributed by atoms with van der Waals surface area (Å²) in [5.41, 5.74) is 3.45. The number of nitrogens with zero attached hydrogens (tertiary/aromatic N) is 2. The molecule has 0 bridgehead atoms. The second-order valence-electron chi connectivity index (χ2n) is 5.56. The molecule has 0 spiro atoms. The van der Waals surface area contributed by atoms with Crippen molar-refractivity contribution < 1.29 is 14.6 Å². The summed E-state index contributed by atoms with van der Waals surface area (Å²) >= 11 is 0. The van der Waals surface area contributed by atoms with E-state index < -0.39 is 5.97 Å².